The summed E-state index contributed by atoms with van der Waals surface area (Å²) < 4.78 is 5.19. The topological polar surface area (TPSA) is 98.3 Å². The van der Waals surface area contributed by atoms with E-state index in [0.29, 0.717) is 11.7 Å². The third-order valence-corrected chi connectivity index (χ3v) is 2.70. The van der Waals surface area contributed by atoms with Crippen LogP contribution in [0.4, 0.5) is 5.69 Å². The minimum Gasteiger partial charge on any atom is -0.444 e. The maximum atomic E-state index is 12.0. The molecule has 0 spiro atoms. The Kier molecular flexibility index (Phi) is 3.99. The van der Waals surface area contributed by atoms with Crippen molar-refractivity contribution in [3.63, 3.8) is 0 Å². The molecule has 0 fully saturated rings. The van der Waals surface area contributed by atoms with E-state index in [4.69, 9.17) is 16.0 Å². The smallest absolute Gasteiger partial charge is 0.282 e. The van der Waals surface area contributed by atoms with Crippen LogP contribution in [0.2, 0.25) is 5.02 Å². The van der Waals surface area contributed by atoms with Gasteiger partial charge in [0.2, 0.25) is 5.89 Å². The average molecular weight is 296 g/mol. The number of benzene rings is 1. The van der Waals surface area contributed by atoms with Crippen molar-refractivity contribution in [1.82, 2.24) is 10.3 Å². The lowest BCUT2D eigenvalue weighted by molar-refractivity contribution is -0.385. The van der Waals surface area contributed by atoms with Gasteiger partial charge in [0.15, 0.2) is 0 Å². The Morgan fingerprint density at radius 1 is 1.55 bits per heavy atom. The lowest BCUT2D eigenvalue weighted by atomic mass is 10.1. The molecule has 104 valence electrons. The molecule has 1 heterocycles. The summed E-state index contributed by atoms with van der Waals surface area (Å²) in [5.74, 6) is 0.318. The van der Waals surface area contributed by atoms with E-state index in [2.05, 4.69) is 10.3 Å². The van der Waals surface area contributed by atoms with Gasteiger partial charge in [0.25, 0.3) is 11.6 Å². The predicted octanol–water partition coefficient (Wildman–Crippen LogP) is 2.47. The zero-order valence-electron chi connectivity index (χ0n) is 10.4. The normalized spacial score (nSPS) is 10.3. The van der Waals surface area contributed by atoms with Crippen LogP contribution in [0.1, 0.15) is 22.0 Å². The number of rotatable bonds is 4. The van der Waals surface area contributed by atoms with Gasteiger partial charge in [-0.05, 0) is 19.1 Å². The molecule has 0 aliphatic heterocycles. The van der Waals surface area contributed by atoms with Crippen LogP contribution in [0.25, 0.3) is 0 Å². The Balaban J connectivity index is 2.16. The molecule has 1 amide bonds. The fourth-order valence-electron chi connectivity index (χ4n) is 1.58. The van der Waals surface area contributed by atoms with Crippen molar-refractivity contribution < 1.29 is 14.1 Å². The second-order valence-electron chi connectivity index (χ2n) is 3.97. The van der Waals surface area contributed by atoms with Gasteiger partial charge in [0, 0.05) is 11.1 Å². The standard InChI is InChI=1S/C12H10ClN3O4/c1-7-5-14-11(20-7)6-15-12(17)9-4-8(13)2-3-10(9)16(18)19/h2-5H,6H2,1H3,(H,15,17). The van der Waals surface area contributed by atoms with Gasteiger partial charge in [0.1, 0.15) is 11.3 Å². The molecule has 0 aliphatic carbocycles. The lowest BCUT2D eigenvalue weighted by Gasteiger charge is -2.04. The van der Waals surface area contributed by atoms with Crippen LogP contribution in [0.5, 0.6) is 0 Å². The first kappa shape index (κ1) is 14.0. The number of aromatic nitrogens is 1. The number of hydrogen-bond acceptors (Lipinski definition) is 5. The molecule has 0 atom stereocenters. The maximum absolute atomic E-state index is 12.0. The first-order chi connectivity index (χ1) is 9.47. The quantitative estimate of drug-likeness (QED) is 0.690. The van der Waals surface area contributed by atoms with Crippen LogP contribution < -0.4 is 5.32 Å². The summed E-state index contributed by atoms with van der Waals surface area (Å²) in [6, 6.07) is 3.79. The minimum atomic E-state index is -0.638. The summed E-state index contributed by atoms with van der Waals surface area (Å²) in [4.78, 5) is 26.1. The first-order valence-electron chi connectivity index (χ1n) is 5.61. The summed E-state index contributed by atoms with van der Waals surface area (Å²) in [7, 11) is 0. The van der Waals surface area contributed by atoms with Crippen molar-refractivity contribution in [2.45, 2.75) is 13.5 Å². The molecule has 0 aliphatic rings. The molecule has 1 aromatic carbocycles. The number of carbonyl (C=O) groups is 1. The van der Waals surface area contributed by atoms with Gasteiger partial charge in [-0.15, -0.1) is 0 Å². The minimum absolute atomic E-state index is 0.0380. The lowest BCUT2D eigenvalue weighted by Crippen LogP contribution is -2.23. The molecule has 20 heavy (non-hydrogen) atoms. The van der Waals surface area contributed by atoms with E-state index >= 15 is 0 Å². The molecule has 0 saturated heterocycles. The Labute approximate surface area is 118 Å². The van der Waals surface area contributed by atoms with Crippen molar-refractivity contribution in [3.8, 4) is 0 Å². The summed E-state index contributed by atoms with van der Waals surface area (Å²) in [6.45, 7) is 1.76. The molecule has 0 radical (unpaired) electrons. The highest BCUT2D eigenvalue weighted by molar-refractivity contribution is 6.31. The largest absolute Gasteiger partial charge is 0.444 e. The fourth-order valence-corrected chi connectivity index (χ4v) is 1.76. The van der Waals surface area contributed by atoms with Crippen molar-refractivity contribution in [2.75, 3.05) is 0 Å². The molecule has 2 rings (SSSR count). The van der Waals surface area contributed by atoms with Crippen molar-refractivity contribution in [2.24, 2.45) is 0 Å². The summed E-state index contributed by atoms with van der Waals surface area (Å²) in [5.41, 5.74) is -0.415. The Bertz CT molecular complexity index is 668. The van der Waals surface area contributed by atoms with E-state index in [-0.39, 0.29) is 22.8 Å². The molecule has 0 unspecified atom stereocenters. The fraction of sp³-hybridized carbons (Fsp3) is 0.167. The molecule has 1 aromatic heterocycles. The summed E-state index contributed by atoms with van der Waals surface area (Å²) >= 11 is 5.75. The van der Waals surface area contributed by atoms with Gasteiger partial charge >= 0.3 is 0 Å². The average Bonchev–Trinajstić information content (AvgIpc) is 2.81. The number of oxazole rings is 1. The molecular weight excluding hydrogens is 286 g/mol. The van der Waals surface area contributed by atoms with Crippen molar-refractivity contribution >= 4 is 23.2 Å². The zero-order valence-corrected chi connectivity index (χ0v) is 11.2. The van der Waals surface area contributed by atoms with Gasteiger partial charge in [-0.3, -0.25) is 14.9 Å². The number of nitro benzene ring substituents is 1. The monoisotopic (exact) mass is 295 g/mol. The van der Waals surface area contributed by atoms with E-state index in [1.807, 2.05) is 0 Å². The van der Waals surface area contributed by atoms with Gasteiger partial charge in [-0.1, -0.05) is 11.6 Å². The van der Waals surface area contributed by atoms with Crippen LogP contribution >= 0.6 is 11.6 Å². The van der Waals surface area contributed by atoms with Crippen LogP contribution in [0.15, 0.2) is 28.8 Å². The maximum Gasteiger partial charge on any atom is 0.282 e. The highest BCUT2D eigenvalue weighted by Crippen LogP contribution is 2.22. The highest BCUT2D eigenvalue weighted by Gasteiger charge is 2.20. The number of amides is 1. The summed E-state index contributed by atoms with van der Waals surface area (Å²) in [6.07, 6.45) is 1.52. The molecule has 0 saturated carbocycles. The SMILES string of the molecule is Cc1cnc(CNC(=O)c2cc(Cl)ccc2[N+](=O)[O-])o1. The number of nitro groups is 1. The van der Waals surface area contributed by atoms with Crippen LogP contribution in [-0.4, -0.2) is 15.8 Å². The second kappa shape index (κ2) is 5.70. The van der Waals surface area contributed by atoms with Gasteiger partial charge in [-0.25, -0.2) is 4.98 Å². The van der Waals surface area contributed by atoms with E-state index in [0.717, 1.165) is 0 Å². The van der Waals surface area contributed by atoms with Crippen LogP contribution in [0.3, 0.4) is 0 Å². The summed E-state index contributed by atoms with van der Waals surface area (Å²) in [5, 5.41) is 13.6. The molecule has 0 bridgehead atoms. The molecule has 8 heteroatoms. The number of nitrogens with one attached hydrogen (secondary N) is 1. The van der Waals surface area contributed by atoms with E-state index in [1.165, 1.54) is 24.4 Å². The molecule has 1 N–H and O–H groups in total. The zero-order chi connectivity index (χ0) is 14.7. The van der Waals surface area contributed by atoms with Gasteiger partial charge < -0.3 is 9.73 Å². The van der Waals surface area contributed by atoms with Crippen molar-refractivity contribution in [3.05, 3.63) is 56.7 Å². The Hall–Kier alpha value is -2.41. The van der Waals surface area contributed by atoms with E-state index in [9.17, 15) is 14.9 Å². The number of nitrogens with zero attached hydrogens (tertiary/aromatic N) is 2. The van der Waals surface area contributed by atoms with E-state index < -0.39 is 10.8 Å². The van der Waals surface area contributed by atoms with Crippen molar-refractivity contribution in [1.29, 1.82) is 0 Å². The predicted molar refractivity (Wildman–Crippen MR) is 70.5 cm³/mol. The van der Waals surface area contributed by atoms with Crippen LogP contribution in [-0.2, 0) is 6.54 Å². The first-order valence-corrected chi connectivity index (χ1v) is 5.98. The third-order valence-electron chi connectivity index (χ3n) is 2.47. The number of aryl methyl sites for hydroxylation is 1. The van der Waals surface area contributed by atoms with Crippen LogP contribution in [0, 0.1) is 17.0 Å². The Morgan fingerprint density at radius 3 is 2.90 bits per heavy atom. The third kappa shape index (κ3) is 3.12. The molecular formula is C12H10ClN3O4. The van der Waals surface area contributed by atoms with Gasteiger partial charge in [-0.2, -0.15) is 0 Å². The van der Waals surface area contributed by atoms with E-state index in [1.54, 1.807) is 6.92 Å². The number of hydrogen-bond donors (Lipinski definition) is 1. The molecule has 2 aromatic rings. The highest BCUT2D eigenvalue weighted by atomic mass is 35.5. The molecule has 7 nitrogen and oxygen atoms in total. The number of halogens is 1. The second-order valence-corrected chi connectivity index (χ2v) is 4.40. The Morgan fingerprint density at radius 2 is 2.30 bits per heavy atom. The van der Waals surface area contributed by atoms with Gasteiger partial charge in [0.05, 0.1) is 17.7 Å². The number of carbonyl (C=O) groups excluding carboxylic acids is 1.